The second-order valence-electron chi connectivity index (χ2n) is 4.55. The second-order valence-corrected chi connectivity index (χ2v) is 5.40. The van der Waals surface area contributed by atoms with Gasteiger partial charge in [-0.2, -0.15) is 0 Å². The maximum absolute atomic E-state index is 6.12. The number of benzene rings is 1. The third-order valence-corrected chi connectivity index (χ3v) is 3.97. The fourth-order valence-electron chi connectivity index (χ4n) is 2.40. The lowest BCUT2D eigenvalue weighted by Crippen LogP contribution is -2.15. The van der Waals surface area contributed by atoms with Crippen LogP contribution in [-0.2, 0) is 0 Å². The Kier molecular flexibility index (Phi) is 3.99. The van der Waals surface area contributed by atoms with E-state index >= 15 is 0 Å². The van der Waals surface area contributed by atoms with Crippen LogP contribution in [0, 0.1) is 5.92 Å². The first kappa shape index (κ1) is 12.1. The van der Waals surface area contributed by atoms with Crippen LogP contribution in [0.2, 0.25) is 10.0 Å². The molecule has 1 aliphatic carbocycles. The van der Waals surface area contributed by atoms with Crippen LogP contribution in [0.15, 0.2) is 18.2 Å². The van der Waals surface area contributed by atoms with Gasteiger partial charge >= 0.3 is 0 Å². The lowest BCUT2D eigenvalue weighted by molar-refractivity contribution is 0.525. The topological polar surface area (TPSA) is 12.0 Å². The predicted octanol–water partition coefficient (Wildman–Crippen LogP) is 4.98. The van der Waals surface area contributed by atoms with E-state index < -0.39 is 0 Å². The van der Waals surface area contributed by atoms with Crippen LogP contribution in [-0.4, -0.2) is 6.04 Å². The Bertz CT molecular complexity index is 365. The molecule has 1 aromatic carbocycles. The smallest absolute Gasteiger partial charge is 0.0638 e. The van der Waals surface area contributed by atoms with Crippen molar-refractivity contribution in [3.8, 4) is 0 Å². The standard InChI is InChI=1S/C13H17Cl2N/c1-2-9-3-5-11(7-9)16-13-8-10(14)4-6-12(13)15/h4,6,8-9,11,16H,2-3,5,7H2,1H3. The van der Waals surface area contributed by atoms with E-state index in [-0.39, 0.29) is 0 Å². The summed E-state index contributed by atoms with van der Waals surface area (Å²) in [5.74, 6) is 0.871. The third-order valence-electron chi connectivity index (χ3n) is 3.41. The van der Waals surface area contributed by atoms with E-state index in [4.69, 9.17) is 23.2 Å². The maximum Gasteiger partial charge on any atom is 0.0638 e. The van der Waals surface area contributed by atoms with E-state index in [9.17, 15) is 0 Å². The molecule has 1 saturated carbocycles. The molecule has 3 heteroatoms. The van der Waals surface area contributed by atoms with Crippen molar-refractivity contribution in [2.45, 2.75) is 38.6 Å². The number of anilines is 1. The number of nitrogens with one attached hydrogen (secondary N) is 1. The van der Waals surface area contributed by atoms with Gasteiger partial charge in [-0.15, -0.1) is 0 Å². The monoisotopic (exact) mass is 257 g/mol. The van der Waals surface area contributed by atoms with E-state index in [2.05, 4.69) is 12.2 Å². The SMILES string of the molecule is CCC1CCC(Nc2cc(Cl)ccc2Cl)C1. The summed E-state index contributed by atoms with van der Waals surface area (Å²) in [4.78, 5) is 0. The Morgan fingerprint density at radius 3 is 2.81 bits per heavy atom. The van der Waals surface area contributed by atoms with Crippen LogP contribution in [0.3, 0.4) is 0 Å². The lowest BCUT2D eigenvalue weighted by atomic mass is 10.1. The Labute approximate surface area is 107 Å². The number of halogens is 2. The molecule has 88 valence electrons. The molecular weight excluding hydrogens is 241 g/mol. The second kappa shape index (κ2) is 5.29. The van der Waals surface area contributed by atoms with Crippen molar-refractivity contribution in [3.05, 3.63) is 28.2 Å². The first-order valence-electron chi connectivity index (χ1n) is 5.90. The van der Waals surface area contributed by atoms with Crippen molar-refractivity contribution in [1.82, 2.24) is 0 Å². The molecule has 0 amide bonds. The van der Waals surface area contributed by atoms with Crippen molar-refractivity contribution in [2.24, 2.45) is 5.92 Å². The number of hydrogen-bond acceptors (Lipinski definition) is 1. The zero-order valence-corrected chi connectivity index (χ0v) is 11.0. The highest BCUT2D eigenvalue weighted by atomic mass is 35.5. The molecular formula is C13H17Cl2N. The molecule has 2 rings (SSSR count). The van der Waals surface area contributed by atoms with E-state index in [1.54, 1.807) is 0 Å². The van der Waals surface area contributed by atoms with Crippen molar-refractivity contribution in [1.29, 1.82) is 0 Å². The zero-order valence-electron chi connectivity index (χ0n) is 9.47. The minimum absolute atomic E-state index is 0.556. The third kappa shape index (κ3) is 2.83. The predicted molar refractivity (Wildman–Crippen MR) is 71.5 cm³/mol. The lowest BCUT2D eigenvalue weighted by Gasteiger charge is -2.15. The molecule has 0 spiro atoms. The molecule has 0 aromatic heterocycles. The van der Waals surface area contributed by atoms with Gasteiger partial charge in [0.25, 0.3) is 0 Å². The van der Waals surface area contributed by atoms with E-state index in [0.29, 0.717) is 6.04 Å². The van der Waals surface area contributed by atoms with E-state index in [1.807, 2.05) is 18.2 Å². The molecule has 0 radical (unpaired) electrons. The van der Waals surface area contributed by atoms with Gasteiger partial charge in [-0.1, -0.05) is 36.5 Å². The molecule has 0 saturated heterocycles. The van der Waals surface area contributed by atoms with Gasteiger partial charge in [0, 0.05) is 11.1 Å². The Morgan fingerprint density at radius 1 is 1.31 bits per heavy atom. The molecule has 1 N–H and O–H groups in total. The highest BCUT2D eigenvalue weighted by Gasteiger charge is 2.23. The summed E-state index contributed by atoms with van der Waals surface area (Å²) in [6.45, 7) is 2.26. The molecule has 2 unspecified atom stereocenters. The normalized spacial score (nSPS) is 24.7. The molecule has 1 aromatic rings. The van der Waals surface area contributed by atoms with Crippen LogP contribution in [0.1, 0.15) is 32.6 Å². The number of hydrogen-bond donors (Lipinski definition) is 1. The number of rotatable bonds is 3. The van der Waals surface area contributed by atoms with Crippen LogP contribution >= 0.6 is 23.2 Å². The fraction of sp³-hybridized carbons (Fsp3) is 0.538. The molecule has 0 bridgehead atoms. The summed E-state index contributed by atoms with van der Waals surface area (Å²) in [5, 5.41) is 4.99. The largest absolute Gasteiger partial charge is 0.381 e. The average molecular weight is 258 g/mol. The highest BCUT2D eigenvalue weighted by Crippen LogP contribution is 2.33. The zero-order chi connectivity index (χ0) is 11.5. The molecule has 1 aliphatic rings. The quantitative estimate of drug-likeness (QED) is 0.805. The minimum atomic E-state index is 0.556. The average Bonchev–Trinajstić information content (AvgIpc) is 2.71. The molecule has 1 fully saturated rings. The maximum atomic E-state index is 6.12. The molecule has 1 nitrogen and oxygen atoms in total. The first-order valence-corrected chi connectivity index (χ1v) is 6.66. The first-order chi connectivity index (χ1) is 7.69. The van der Waals surface area contributed by atoms with Crippen LogP contribution in [0.25, 0.3) is 0 Å². The van der Waals surface area contributed by atoms with Gasteiger partial charge in [-0.3, -0.25) is 0 Å². The van der Waals surface area contributed by atoms with E-state index in [0.717, 1.165) is 21.7 Å². The molecule has 0 aliphatic heterocycles. The minimum Gasteiger partial charge on any atom is -0.381 e. The summed E-state index contributed by atoms with van der Waals surface area (Å²) in [6.07, 6.45) is 5.09. The highest BCUT2D eigenvalue weighted by molar-refractivity contribution is 6.35. The van der Waals surface area contributed by atoms with Gasteiger partial charge < -0.3 is 5.32 Å². The van der Waals surface area contributed by atoms with Crippen molar-refractivity contribution in [2.75, 3.05) is 5.32 Å². The van der Waals surface area contributed by atoms with Crippen molar-refractivity contribution >= 4 is 28.9 Å². The van der Waals surface area contributed by atoms with Gasteiger partial charge in [0.1, 0.15) is 0 Å². The molecule has 16 heavy (non-hydrogen) atoms. The van der Waals surface area contributed by atoms with Gasteiger partial charge in [0.05, 0.1) is 10.7 Å². The molecule has 2 atom stereocenters. The summed E-state index contributed by atoms with van der Waals surface area (Å²) >= 11 is 12.1. The van der Waals surface area contributed by atoms with Crippen LogP contribution in [0.5, 0.6) is 0 Å². The summed E-state index contributed by atoms with van der Waals surface area (Å²) in [5.41, 5.74) is 0.968. The van der Waals surface area contributed by atoms with E-state index in [1.165, 1.54) is 25.7 Å². The van der Waals surface area contributed by atoms with Crippen molar-refractivity contribution < 1.29 is 0 Å². The van der Waals surface area contributed by atoms with Gasteiger partial charge in [-0.05, 0) is 43.4 Å². The Hall–Kier alpha value is -0.400. The van der Waals surface area contributed by atoms with Gasteiger partial charge in [0.15, 0.2) is 0 Å². The summed E-state index contributed by atoms with van der Waals surface area (Å²) in [6, 6.07) is 6.13. The van der Waals surface area contributed by atoms with Crippen LogP contribution < -0.4 is 5.32 Å². The summed E-state index contributed by atoms with van der Waals surface area (Å²) < 4.78 is 0. The molecule has 0 heterocycles. The van der Waals surface area contributed by atoms with Gasteiger partial charge in [0.2, 0.25) is 0 Å². The Balaban J connectivity index is 2.01. The fourth-order valence-corrected chi connectivity index (χ4v) is 2.75. The summed E-state index contributed by atoms with van der Waals surface area (Å²) in [7, 11) is 0. The van der Waals surface area contributed by atoms with Crippen LogP contribution in [0.4, 0.5) is 5.69 Å². The Morgan fingerprint density at radius 2 is 2.12 bits per heavy atom. The van der Waals surface area contributed by atoms with Crippen molar-refractivity contribution in [3.63, 3.8) is 0 Å². The van der Waals surface area contributed by atoms with Gasteiger partial charge in [-0.25, -0.2) is 0 Å².